The number of nitrogens with one attached hydrogen (secondary N) is 4. The van der Waals surface area contributed by atoms with Gasteiger partial charge < -0.3 is 142 Å². The second-order valence-electron chi connectivity index (χ2n) is 29.5. The van der Waals surface area contributed by atoms with Gasteiger partial charge in [0.15, 0.2) is 52.1 Å². The number of ether oxygens (including phenoxy) is 6. The van der Waals surface area contributed by atoms with Crippen molar-refractivity contribution in [3.05, 3.63) is 124 Å². The van der Waals surface area contributed by atoms with E-state index in [2.05, 4.69) is 69.8 Å². The smallest absolute Gasteiger partial charge is 0.330 e. The first-order valence-electron chi connectivity index (χ1n) is 38.2. The Hall–Kier alpha value is -6.73. The average molecular weight is 2020 g/mol. The fourth-order valence-corrected chi connectivity index (χ4v) is 23.4. The van der Waals surface area contributed by atoms with E-state index >= 15 is 0 Å². The molecule has 0 aliphatic carbocycles. The molecule has 24 atom stereocenters. The Labute approximate surface area is 747 Å². The molecule has 10 aromatic heterocycles. The highest BCUT2D eigenvalue weighted by atomic mass is 32.7. The van der Waals surface area contributed by atoms with Crippen LogP contribution in [0.3, 0.4) is 0 Å². The van der Waals surface area contributed by atoms with Crippen LogP contribution in [0.25, 0.3) is 44.7 Å². The summed E-state index contributed by atoms with van der Waals surface area (Å²) in [6, 6.07) is 0. The molecule has 0 amide bonds. The molecule has 16 rings (SSSR count). The van der Waals surface area contributed by atoms with Gasteiger partial charge in [-0.25, -0.2) is 49.5 Å². The maximum Gasteiger partial charge on any atom is 0.330 e. The summed E-state index contributed by atoms with van der Waals surface area (Å²) < 4.78 is 132. The summed E-state index contributed by atoms with van der Waals surface area (Å²) in [6.45, 7) is -26.6. The van der Waals surface area contributed by atoms with E-state index in [0.29, 0.717) is 0 Å². The first kappa shape index (κ1) is 94.5. The normalized spacial score (nSPS) is 29.1. The number of aromatic amines is 4. The highest BCUT2D eigenvalue weighted by Crippen LogP contribution is 2.57. The lowest BCUT2D eigenvalue weighted by Gasteiger charge is -2.34. The molecule has 6 fully saturated rings. The number of H-pyrrole nitrogens is 4. The number of hydrogen-bond acceptors (Lipinski definition) is 47. The standard InChI is InChI=1S/C62H80N24O30P6S6/c1-5-27-28(6-39(105-27)81-12-25(2)55(87)79-61(81)91)112-118(94,124)100-15-35-30(7-40(106-35)82-13-26(3)56(88)80-62(82)92)113-119(95,125)103-17-37-32(10-43(109-37)85-23-73-47-53(85)75-59(65)77-57(47)89)116-122(98,128)104-18-38-33(11-44(110-38)86-24-74-48-54(86)76-60(66)78-58(48)90)115-121(97,127)102-16-36-31(9-42(108-36)84-22-72-46-50(64)68-20-70-52(46)84)114-120(96,126)101-14-34-29(111-117(93,123)99-4)8-41(107-34)83-21-71-45-49(63)67-19-69-51(45)83/h12-13,19-24,27-44H,5-11,14-18H2,1-4H3,(H,93,123)(H,94,124)(H,95,125)(H,96,126)(H,97,127)(H,98,128)(H2,63,67,69)(H2,64,68,70)(H,79,87,91)(H,80,88,92)(H3,65,75,77,89)(H3,66,76,78,90)/p-3/t27-,28-,29-,30-,31-,32-,33-,34-,35-,36-,37-,38-,39-,40-,41-,42-,43-,44-,117?,118?,119?,120?,121?,122?/m1/s1. The summed E-state index contributed by atoms with van der Waals surface area (Å²) in [5.74, 6) is -0.530. The number of aryl methyl sites for hydroxylation is 2. The predicted octanol–water partition coefficient (Wildman–Crippen LogP) is -0.371. The summed E-state index contributed by atoms with van der Waals surface area (Å²) in [7, 11) is 1.15. The molecule has 15 N–H and O–H groups in total. The van der Waals surface area contributed by atoms with Gasteiger partial charge in [0, 0.05) is 69.2 Å². The van der Waals surface area contributed by atoms with Crippen molar-refractivity contribution in [3.8, 4) is 0 Å². The fourth-order valence-electron chi connectivity index (χ4n) is 15.1. The number of nitrogens with two attached hydrogens (primary N) is 4. The number of anilines is 4. The third kappa shape index (κ3) is 20.9. The highest BCUT2D eigenvalue weighted by Gasteiger charge is 2.49. The minimum Gasteiger partial charge on any atom is -0.780 e. The molecule has 10 aromatic rings. The molecule has 0 spiro atoms. The van der Waals surface area contributed by atoms with Crippen LogP contribution >= 0.6 is 40.4 Å². The zero-order valence-electron chi connectivity index (χ0n) is 66.5. The molecule has 694 valence electrons. The van der Waals surface area contributed by atoms with Crippen LogP contribution in [0.2, 0.25) is 0 Å². The van der Waals surface area contributed by atoms with Crippen LogP contribution < -0.4 is 66.3 Å². The molecule has 66 heteroatoms. The van der Waals surface area contributed by atoms with Crippen LogP contribution in [0.1, 0.15) is 100 Å². The zero-order chi connectivity index (χ0) is 91.2. The van der Waals surface area contributed by atoms with E-state index in [1.165, 1.54) is 77.9 Å². The van der Waals surface area contributed by atoms with Gasteiger partial charge in [0.2, 0.25) is 11.9 Å². The van der Waals surface area contributed by atoms with Crippen molar-refractivity contribution in [2.45, 2.75) is 176 Å². The van der Waals surface area contributed by atoms with E-state index in [1.807, 2.05) is 0 Å². The lowest BCUT2D eigenvalue weighted by molar-refractivity contribution is -0.216. The molecule has 6 saturated heterocycles. The number of fused-ring (bicyclic) bond motifs is 4. The zero-order valence-corrected chi connectivity index (χ0v) is 76.7. The van der Waals surface area contributed by atoms with Gasteiger partial charge >= 0.3 is 31.5 Å². The van der Waals surface area contributed by atoms with Crippen molar-refractivity contribution in [2.75, 3.05) is 63.1 Å². The largest absolute Gasteiger partial charge is 0.780 e. The van der Waals surface area contributed by atoms with Gasteiger partial charge in [-0.15, -0.1) is 0 Å². The van der Waals surface area contributed by atoms with Crippen molar-refractivity contribution in [1.29, 1.82) is 0 Å². The van der Waals surface area contributed by atoms with Crippen LogP contribution in [0.15, 0.2) is 79.1 Å². The van der Waals surface area contributed by atoms with Crippen LogP contribution in [0.5, 0.6) is 0 Å². The maximum atomic E-state index is 15.0. The minimum atomic E-state index is -4.92. The summed E-state index contributed by atoms with van der Waals surface area (Å²) in [5.41, 5.74) is 20.3. The molecule has 0 saturated carbocycles. The highest BCUT2D eigenvalue weighted by molar-refractivity contribution is 8.32. The van der Waals surface area contributed by atoms with Crippen molar-refractivity contribution in [3.63, 3.8) is 0 Å². The molecule has 16 heterocycles. The summed E-state index contributed by atoms with van der Waals surface area (Å²) in [6.07, 6.45) is -13.4. The molecular weight excluding hydrogens is 1940 g/mol. The Kier molecular flexibility index (Phi) is 27.8. The molecule has 6 aliphatic heterocycles. The van der Waals surface area contributed by atoms with E-state index < -0.39 is 218 Å². The predicted molar refractivity (Wildman–Crippen MR) is 457 cm³/mol. The topological polar surface area (TPSA) is 718 Å². The van der Waals surface area contributed by atoms with Gasteiger partial charge in [-0.05, 0) is 55.7 Å². The molecule has 128 heavy (non-hydrogen) atoms. The third-order valence-electron chi connectivity index (χ3n) is 21.1. The van der Waals surface area contributed by atoms with E-state index in [-0.39, 0.29) is 124 Å². The Balaban J connectivity index is 0.622. The molecule has 0 radical (unpaired) electrons. The van der Waals surface area contributed by atoms with Gasteiger partial charge in [0.1, 0.15) is 105 Å². The maximum absolute atomic E-state index is 15.0. The van der Waals surface area contributed by atoms with Crippen LogP contribution in [-0.4, -0.2) is 225 Å². The number of imidazole rings is 4. The van der Waals surface area contributed by atoms with Crippen LogP contribution in [0.4, 0.5) is 23.5 Å². The Morgan fingerprint density at radius 3 is 1.12 bits per heavy atom. The summed E-state index contributed by atoms with van der Waals surface area (Å²) >= 11 is 33.0. The molecule has 6 aliphatic rings. The SMILES string of the molecule is CC[C@H]1O[C@@H](n2cc(C)c(=O)[nH]c2=O)C[C@H]1OP([O-])(=S)OC[C@H]1O[C@@H](n2cc(C)c(=O)[nH]c2=O)C[C@H]1OP(=O)([S-])OC[C@H]1O[C@@H](n2cnc3c(=O)[nH]c(N)nc32)C[C@H]1OP(O)(=S)OC[C@H]1O[C@@H](n2cnc3c(=O)[nH]c(N)nc32)C[C@H]1OP([O-])(=S)OC[C@H]1O[C@@H](n2cnc3c(N)ncnc32)C[C@H]1OP(O)(=S)OC[C@H]1O[C@@H](n2cnc3c(N)ncnc32)C[C@H]1OP(O)(=S)OC. The number of nitrogens with zero attached hydrogens (tertiary/aromatic N) is 16. The second-order valence-corrected chi connectivity index (χ2v) is 46.1. The lowest BCUT2D eigenvalue weighted by Crippen LogP contribution is -2.33. The van der Waals surface area contributed by atoms with Gasteiger partial charge in [0.05, 0.1) is 101 Å². The number of hydrogen-bond donors (Lipinski definition) is 11. The number of rotatable bonds is 35. The van der Waals surface area contributed by atoms with Crippen LogP contribution in [0, 0.1) is 13.8 Å². The lowest BCUT2D eigenvalue weighted by atomic mass is 10.1. The first-order valence-corrected chi connectivity index (χ1v) is 53.7. The van der Waals surface area contributed by atoms with E-state index in [1.54, 1.807) is 11.5 Å². The van der Waals surface area contributed by atoms with E-state index in [9.17, 15) is 57.8 Å². The van der Waals surface area contributed by atoms with Crippen molar-refractivity contribution >= 4 is 180 Å². The Bertz CT molecular complexity index is 6610. The first-order chi connectivity index (χ1) is 60.5. The quantitative estimate of drug-likeness (QED) is 0.0178. The van der Waals surface area contributed by atoms with E-state index in [4.69, 9.17) is 177 Å². The summed E-state index contributed by atoms with van der Waals surface area (Å²) in [4.78, 5) is 193. The molecule has 6 unspecified atom stereocenters. The average Bonchev–Trinajstić information content (AvgIpc) is 2.14. The van der Waals surface area contributed by atoms with Gasteiger partial charge in [-0.1, -0.05) is 30.5 Å². The monoisotopic (exact) mass is 2020 g/mol. The Morgan fingerprint density at radius 2 is 0.742 bits per heavy atom. The number of nitrogen functional groups attached to an aromatic ring is 4. The molecule has 0 aromatic carbocycles. The molecule has 0 bridgehead atoms. The van der Waals surface area contributed by atoms with Crippen molar-refractivity contribution in [2.24, 2.45) is 0 Å². The molecular formula is C62H77N24O30P6S6-3. The fraction of sp³-hybridized carbons (Fsp3) is 0.548. The third-order valence-corrected chi connectivity index (χ3v) is 30.7. The minimum absolute atomic E-state index is 0.000872. The van der Waals surface area contributed by atoms with Gasteiger partial charge in [-0.3, -0.25) is 71.1 Å². The van der Waals surface area contributed by atoms with Crippen molar-refractivity contribution in [1.82, 2.24) is 97.2 Å². The van der Waals surface area contributed by atoms with Crippen molar-refractivity contribution < 1.29 is 112 Å². The van der Waals surface area contributed by atoms with Crippen LogP contribution in [-0.2, 0) is 159 Å². The van der Waals surface area contributed by atoms with E-state index in [0.717, 1.165) is 16.2 Å². The number of aromatic nitrogens is 20. The summed E-state index contributed by atoms with van der Waals surface area (Å²) in [5, 5.41) is 0. The van der Waals surface area contributed by atoms with Gasteiger partial charge in [0.25, 0.3) is 22.2 Å². The second kappa shape index (κ2) is 37.6. The molecule has 54 nitrogen and oxygen atoms in total. The van der Waals surface area contributed by atoms with Gasteiger partial charge in [-0.2, -0.15) is 9.97 Å². The Morgan fingerprint density at radius 1 is 0.430 bits per heavy atom.